The molecular weight excluding hydrogens is 366 g/mol. The Bertz CT molecular complexity index is 831. The number of hydrogen-bond acceptors (Lipinski definition) is 6. The van der Waals surface area contributed by atoms with E-state index in [0.29, 0.717) is 11.6 Å². The average molecular weight is 394 g/mol. The van der Waals surface area contributed by atoms with E-state index in [9.17, 15) is 0 Å². The lowest BCUT2D eigenvalue weighted by Crippen LogP contribution is -2.41. The summed E-state index contributed by atoms with van der Waals surface area (Å²) in [7, 11) is 0. The van der Waals surface area contributed by atoms with Gasteiger partial charge in [0.1, 0.15) is 11.8 Å². The molecule has 2 aromatic heterocycles. The molecule has 0 atom stereocenters. The van der Waals surface area contributed by atoms with E-state index in [-0.39, 0.29) is 0 Å². The molecule has 0 unspecified atom stereocenters. The fourth-order valence-electron chi connectivity index (χ4n) is 4.72. The molecule has 4 heterocycles. The van der Waals surface area contributed by atoms with Crippen molar-refractivity contribution in [3.05, 3.63) is 39.6 Å². The van der Waals surface area contributed by atoms with Crippen molar-refractivity contribution in [1.29, 1.82) is 5.26 Å². The summed E-state index contributed by atoms with van der Waals surface area (Å²) in [6.45, 7) is 4.50. The molecule has 3 aliphatic rings. The first-order chi connectivity index (χ1) is 13.8. The molecule has 0 N–H and O–H groups in total. The summed E-state index contributed by atoms with van der Waals surface area (Å²) in [5.74, 6) is 0.599. The molecule has 6 heteroatoms. The van der Waals surface area contributed by atoms with Gasteiger partial charge in [-0.3, -0.25) is 4.90 Å². The number of nitrogens with zero attached hydrogens (tertiary/aromatic N) is 5. The number of anilines is 1. The molecule has 1 saturated heterocycles. The lowest BCUT2D eigenvalue weighted by molar-refractivity contribution is 0.133. The maximum Gasteiger partial charge on any atom is 0.140 e. The van der Waals surface area contributed by atoms with Crippen LogP contribution in [0, 0.1) is 11.3 Å². The highest BCUT2D eigenvalue weighted by atomic mass is 32.1. The SMILES string of the molecule is N#Cc1ccc(N2CCC(c3nc4c(s3)CCN(C3CCC3)CC4)CC2)cn1. The molecule has 5 nitrogen and oxygen atoms in total. The third-order valence-corrected chi connectivity index (χ3v) is 8.04. The van der Waals surface area contributed by atoms with Crippen molar-refractivity contribution >= 4 is 17.0 Å². The molecule has 146 valence electrons. The van der Waals surface area contributed by atoms with E-state index in [0.717, 1.165) is 44.1 Å². The number of aromatic nitrogens is 2. The molecule has 0 aromatic carbocycles. The Morgan fingerprint density at radius 3 is 2.54 bits per heavy atom. The van der Waals surface area contributed by atoms with E-state index in [1.54, 1.807) is 4.88 Å². The van der Waals surface area contributed by atoms with E-state index in [1.807, 2.05) is 29.7 Å². The molecule has 0 radical (unpaired) electrons. The van der Waals surface area contributed by atoms with Gasteiger partial charge in [-0.15, -0.1) is 11.3 Å². The smallest absolute Gasteiger partial charge is 0.140 e. The first kappa shape index (κ1) is 18.1. The van der Waals surface area contributed by atoms with Crippen molar-refractivity contribution in [2.75, 3.05) is 31.1 Å². The van der Waals surface area contributed by atoms with Crippen molar-refractivity contribution < 1.29 is 0 Å². The van der Waals surface area contributed by atoms with Crippen molar-refractivity contribution in [1.82, 2.24) is 14.9 Å². The number of rotatable bonds is 3. The average Bonchev–Trinajstić information content (AvgIpc) is 3.02. The van der Waals surface area contributed by atoms with E-state index in [4.69, 9.17) is 10.2 Å². The Kier molecular flexibility index (Phi) is 5.04. The molecule has 1 aliphatic carbocycles. The Hall–Kier alpha value is -1.97. The lowest BCUT2D eigenvalue weighted by Gasteiger charge is -2.36. The van der Waals surface area contributed by atoms with Crippen LogP contribution < -0.4 is 4.90 Å². The summed E-state index contributed by atoms with van der Waals surface area (Å²) in [4.78, 5) is 16.0. The van der Waals surface area contributed by atoms with Crippen LogP contribution in [0.1, 0.15) is 59.3 Å². The molecule has 0 spiro atoms. The van der Waals surface area contributed by atoms with Crippen LogP contribution in [-0.4, -0.2) is 47.1 Å². The number of pyridine rings is 1. The van der Waals surface area contributed by atoms with Crippen LogP contribution in [0.2, 0.25) is 0 Å². The second-order valence-corrected chi connectivity index (χ2v) is 9.43. The maximum atomic E-state index is 8.91. The third kappa shape index (κ3) is 3.54. The quantitative estimate of drug-likeness (QED) is 0.795. The summed E-state index contributed by atoms with van der Waals surface area (Å²) in [5.41, 5.74) is 3.00. The number of fused-ring (bicyclic) bond motifs is 1. The molecular formula is C22H27N5S. The summed E-state index contributed by atoms with van der Waals surface area (Å²) in [6.07, 6.45) is 10.7. The van der Waals surface area contributed by atoms with E-state index in [2.05, 4.69) is 20.9 Å². The zero-order valence-electron chi connectivity index (χ0n) is 16.3. The fourth-order valence-corrected chi connectivity index (χ4v) is 5.99. The van der Waals surface area contributed by atoms with Crippen molar-refractivity contribution in [2.45, 2.75) is 56.9 Å². The van der Waals surface area contributed by atoms with Gasteiger partial charge in [-0.1, -0.05) is 6.42 Å². The molecule has 0 amide bonds. The van der Waals surface area contributed by atoms with Gasteiger partial charge < -0.3 is 4.90 Å². The standard InChI is InChI=1S/C22H27N5S/c23-14-17-4-5-19(15-24-17)27-10-6-16(7-11-27)22-25-20-8-12-26(18-2-1-3-18)13-9-21(20)28-22/h4-5,15-16,18H,1-3,6-13H2. The third-order valence-electron chi connectivity index (χ3n) is 6.72. The summed E-state index contributed by atoms with van der Waals surface area (Å²) in [5, 5.41) is 10.3. The topological polar surface area (TPSA) is 56.1 Å². The number of hydrogen-bond donors (Lipinski definition) is 0. The Labute approximate surface area is 171 Å². The van der Waals surface area contributed by atoms with Crippen LogP contribution >= 0.6 is 11.3 Å². The van der Waals surface area contributed by atoms with Crippen LogP contribution in [0.4, 0.5) is 5.69 Å². The van der Waals surface area contributed by atoms with Crippen molar-refractivity contribution in [3.8, 4) is 6.07 Å². The van der Waals surface area contributed by atoms with Gasteiger partial charge in [-0.2, -0.15) is 5.26 Å². The van der Waals surface area contributed by atoms with E-state index in [1.165, 1.54) is 49.5 Å². The minimum absolute atomic E-state index is 0.485. The van der Waals surface area contributed by atoms with Crippen LogP contribution in [0.25, 0.3) is 0 Å². The van der Waals surface area contributed by atoms with Crippen LogP contribution in [0.3, 0.4) is 0 Å². The molecule has 2 aromatic rings. The molecule has 0 bridgehead atoms. The van der Waals surface area contributed by atoms with Crippen LogP contribution in [-0.2, 0) is 12.8 Å². The first-order valence-electron chi connectivity index (χ1n) is 10.6. The molecule has 28 heavy (non-hydrogen) atoms. The zero-order chi connectivity index (χ0) is 18.9. The molecule has 1 saturated carbocycles. The molecule has 2 aliphatic heterocycles. The summed E-state index contributed by atoms with van der Waals surface area (Å²) < 4.78 is 0. The predicted molar refractivity (Wildman–Crippen MR) is 112 cm³/mol. The zero-order valence-corrected chi connectivity index (χ0v) is 17.1. The van der Waals surface area contributed by atoms with Gasteiger partial charge in [0.15, 0.2) is 0 Å². The summed E-state index contributed by atoms with van der Waals surface area (Å²) in [6, 6.07) is 6.78. The van der Waals surface area contributed by atoms with Gasteiger partial charge in [-0.05, 0) is 44.2 Å². The highest BCUT2D eigenvalue weighted by molar-refractivity contribution is 7.11. The lowest BCUT2D eigenvalue weighted by atomic mass is 9.91. The highest BCUT2D eigenvalue weighted by Crippen LogP contribution is 2.36. The highest BCUT2D eigenvalue weighted by Gasteiger charge is 2.29. The normalized spacial score (nSPS) is 21.6. The monoisotopic (exact) mass is 393 g/mol. The Balaban J connectivity index is 1.20. The first-order valence-corrected chi connectivity index (χ1v) is 11.5. The van der Waals surface area contributed by atoms with Crippen LogP contribution in [0.5, 0.6) is 0 Å². The summed E-state index contributed by atoms with van der Waals surface area (Å²) >= 11 is 1.99. The number of nitriles is 1. The van der Waals surface area contributed by atoms with Crippen molar-refractivity contribution in [2.24, 2.45) is 0 Å². The van der Waals surface area contributed by atoms with E-state index < -0.39 is 0 Å². The van der Waals surface area contributed by atoms with Gasteiger partial charge in [0.2, 0.25) is 0 Å². The van der Waals surface area contributed by atoms with Gasteiger partial charge in [0, 0.05) is 49.4 Å². The predicted octanol–water partition coefficient (Wildman–Crippen LogP) is 3.75. The van der Waals surface area contributed by atoms with Crippen molar-refractivity contribution in [3.63, 3.8) is 0 Å². The van der Waals surface area contributed by atoms with Gasteiger partial charge in [0.05, 0.1) is 22.6 Å². The Morgan fingerprint density at radius 2 is 1.86 bits per heavy atom. The minimum Gasteiger partial charge on any atom is -0.370 e. The van der Waals surface area contributed by atoms with Gasteiger partial charge in [0.25, 0.3) is 0 Å². The van der Waals surface area contributed by atoms with Gasteiger partial charge >= 0.3 is 0 Å². The minimum atomic E-state index is 0.485. The molecule has 5 rings (SSSR count). The van der Waals surface area contributed by atoms with E-state index >= 15 is 0 Å². The largest absolute Gasteiger partial charge is 0.370 e. The Morgan fingerprint density at radius 1 is 1.04 bits per heavy atom. The van der Waals surface area contributed by atoms with Crippen LogP contribution in [0.15, 0.2) is 18.3 Å². The second-order valence-electron chi connectivity index (χ2n) is 8.32. The van der Waals surface area contributed by atoms with Gasteiger partial charge in [-0.25, -0.2) is 9.97 Å². The number of piperidine rings is 1. The number of thiazole rings is 1. The fraction of sp³-hybridized carbons (Fsp3) is 0.591. The second kappa shape index (κ2) is 7.81. The maximum absolute atomic E-state index is 8.91. The molecule has 2 fully saturated rings.